The molecule has 1 aromatic carbocycles. The van der Waals surface area contributed by atoms with Gasteiger partial charge in [0.25, 0.3) is 5.91 Å². The zero-order chi connectivity index (χ0) is 21.8. The van der Waals surface area contributed by atoms with E-state index in [2.05, 4.69) is 15.4 Å². The fourth-order valence-electron chi connectivity index (χ4n) is 3.21. The molecule has 30 heavy (non-hydrogen) atoms. The van der Waals surface area contributed by atoms with Crippen LogP contribution in [0.2, 0.25) is 5.02 Å². The number of carbonyl (C=O) groups is 2. The number of hydrogen-bond donors (Lipinski definition) is 1. The predicted octanol–water partition coefficient (Wildman–Crippen LogP) is 3.62. The second-order valence-electron chi connectivity index (χ2n) is 7.22. The molecule has 0 saturated carbocycles. The van der Waals surface area contributed by atoms with Crippen molar-refractivity contribution in [3.05, 3.63) is 75.7 Å². The first-order chi connectivity index (χ1) is 14.3. The minimum absolute atomic E-state index is 0.0942. The van der Waals surface area contributed by atoms with Gasteiger partial charge in [0.2, 0.25) is 5.91 Å². The van der Waals surface area contributed by atoms with E-state index >= 15 is 0 Å². The lowest BCUT2D eigenvalue weighted by atomic mass is 10.1. The zero-order valence-electron chi connectivity index (χ0n) is 17.4. The van der Waals surface area contributed by atoms with E-state index in [0.29, 0.717) is 28.6 Å². The summed E-state index contributed by atoms with van der Waals surface area (Å²) in [7, 11) is 1.59. The average Bonchev–Trinajstić information content (AvgIpc) is 2.96. The minimum Gasteiger partial charge on any atom is -0.332 e. The number of anilines is 1. The van der Waals surface area contributed by atoms with Crippen LogP contribution in [0.25, 0.3) is 0 Å². The van der Waals surface area contributed by atoms with Crippen LogP contribution in [0.5, 0.6) is 0 Å². The molecule has 0 bridgehead atoms. The first-order valence-corrected chi connectivity index (χ1v) is 9.89. The molecule has 0 radical (unpaired) electrons. The molecule has 8 heteroatoms. The van der Waals surface area contributed by atoms with Gasteiger partial charge in [0.1, 0.15) is 5.82 Å². The number of halogens is 1. The van der Waals surface area contributed by atoms with Crippen molar-refractivity contribution >= 4 is 29.2 Å². The molecule has 2 aromatic heterocycles. The molecule has 0 aliphatic carbocycles. The monoisotopic (exact) mass is 425 g/mol. The van der Waals surface area contributed by atoms with E-state index in [9.17, 15) is 9.59 Å². The molecule has 3 aromatic rings. The van der Waals surface area contributed by atoms with Gasteiger partial charge in [0.05, 0.1) is 24.3 Å². The molecule has 0 saturated heterocycles. The quantitative estimate of drug-likeness (QED) is 0.654. The minimum atomic E-state index is -0.317. The number of nitrogens with one attached hydrogen (secondary N) is 1. The summed E-state index contributed by atoms with van der Waals surface area (Å²) >= 11 is 6.25. The third kappa shape index (κ3) is 4.86. The van der Waals surface area contributed by atoms with Crippen LogP contribution in [-0.2, 0) is 11.3 Å². The standard InChI is InChI=1S/C22H24ClN5O2/c1-14-9-10-24-19(11-14)25-20(29)13-27(4)22(30)21-15(2)26-28(16(21)3)12-17-7-5-6-8-18(17)23/h5-11H,12-13H2,1-4H3,(H,24,25,29). The van der Waals surface area contributed by atoms with Crippen molar-refractivity contribution in [3.63, 3.8) is 0 Å². The van der Waals surface area contributed by atoms with Gasteiger partial charge in [0, 0.05) is 24.0 Å². The Kier molecular flexibility index (Phi) is 6.52. The fourth-order valence-corrected chi connectivity index (χ4v) is 3.41. The van der Waals surface area contributed by atoms with Crippen molar-refractivity contribution in [1.82, 2.24) is 19.7 Å². The summed E-state index contributed by atoms with van der Waals surface area (Å²) < 4.78 is 1.76. The molecule has 0 spiro atoms. The second kappa shape index (κ2) is 9.09. The van der Waals surface area contributed by atoms with Crippen molar-refractivity contribution in [2.45, 2.75) is 27.3 Å². The molecule has 0 aliphatic heterocycles. The Morgan fingerprint density at radius 3 is 2.60 bits per heavy atom. The molecule has 0 atom stereocenters. The summed E-state index contributed by atoms with van der Waals surface area (Å²) in [6.45, 7) is 5.91. The molecule has 0 fully saturated rings. The molecule has 7 nitrogen and oxygen atoms in total. The molecule has 0 unspecified atom stereocenters. The van der Waals surface area contributed by atoms with Crippen LogP contribution in [0.1, 0.15) is 32.9 Å². The number of carbonyl (C=O) groups excluding carboxylic acids is 2. The SMILES string of the molecule is Cc1ccnc(NC(=O)CN(C)C(=O)c2c(C)nn(Cc3ccccc3Cl)c2C)c1. The molecule has 1 N–H and O–H groups in total. The van der Waals surface area contributed by atoms with Gasteiger partial charge in [-0.2, -0.15) is 5.10 Å². The molecular weight excluding hydrogens is 402 g/mol. The number of nitrogens with zero attached hydrogens (tertiary/aromatic N) is 4. The van der Waals surface area contributed by atoms with Gasteiger partial charge in [-0.15, -0.1) is 0 Å². The van der Waals surface area contributed by atoms with Crippen LogP contribution in [0.3, 0.4) is 0 Å². The number of pyridine rings is 1. The van der Waals surface area contributed by atoms with E-state index in [0.717, 1.165) is 16.8 Å². The highest BCUT2D eigenvalue weighted by Gasteiger charge is 2.23. The Morgan fingerprint density at radius 1 is 1.17 bits per heavy atom. The maximum Gasteiger partial charge on any atom is 0.257 e. The van der Waals surface area contributed by atoms with Gasteiger partial charge in [-0.1, -0.05) is 29.8 Å². The van der Waals surface area contributed by atoms with E-state index in [-0.39, 0.29) is 18.4 Å². The van der Waals surface area contributed by atoms with Gasteiger partial charge >= 0.3 is 0 Å². The van der Waals surface area contributed by atoms with Crippen LogP contribution in [-0.4, -0.2) is 45.1 Å². The summed E-state index contributed by atoms with van der Waals surface area (Å²) in [5.74, 6) is -0.119. The van der Waals surface area contributed by atoms with Crippen LogP contribution in [0.4, 0.5) is 5.82 Å². The molecular formula is C22H24ClN5O2. The summed E-state index contributed by atoms with van der Waals surface area (Å²) in [5, 5.41) is 7.87. The highest BCUT2D eigenvalue weighted by molar-refractivity contribution is 6.31. The maximum atomic E-state index is 13.0. The number of amides is 2. The number of rotatable bonds is 6. The predicted molar refractivity (Wildman–Crippen MR) is 117 cm³/mol. The van der Waals surface area contributed by atoms with Crippen LogP contribution in [0, 0.1) is 20.8 Å². The normalized spacial score (nSPS) is 10.7. The molecule has 2 amide bonds. The number of aryl methyl sites for hydroxylation is 2. The third-order valence-electron chi connectivity index (χ3n) is 4.78. The lowest BCUT2D eigenvalue weighted by Crippen LogP contribution is -2.35. The van der Waals surface area contributed by atoms with Gasteiger partial charge in [0.15, 0.2) is 0 Å². The summed E-state index contributed by atoms with van der Waals surface area (Å²) in [6, 6.07) is 11.1. The Balaban J connectivity index is 1.72. The molecule has 0 aliphatic rings. The maximum absolute atomic E-state index is 13.0. The van der Waals surface area contributed by atoms with Crippen LogP contribution in [0.15, 0.2) is 42.6 Å². The van der Waals surface area contributed by atoms with Crippen molar-refractivity contribution in [2.24, 2.45) is 0 Å². The molecule has 156 valence electrons. The van der Waals surface area contributed by atoms with Gasteiger partial charge in [-0.25, -0.2) is 4.98 Å². The molecule has 2 heterocycles. The highest BCUT2D eigenvalue weighted by Crippen LogP contribution is 2.20. The van der Waals surface area contributed by atoms with Gasteiger partial charge in [-0.05, 0) is 50.1 Å². The lowest BCUT2D eigenvalue weighted by Gasteiger charge is -2.17. The average molecular weight is 426 g/mol. The van der Waals surface area contributed by atoms with Crippen molar-refractivity contribution in [3.8, 4) is 0 Å². The van der Waals surface area contributed by atoms with E-state index in [1.807, 2.05) is 44.2 Å². The third-order valence-corrected chi connectivity index (χ3v) is 5.15. The van der Waals surface area contributed by atoms with E-state index in [1.54, 1.807) is 30.9 Å². The largest absolute Gasteiger partial charge is 0.332 e. The van der Waals surface area contributed by atoms with Crippen molar-refractivity contribution in [2.75, 3.05) is 18.9 Å². The Morgan fingerprint density at radius 2 is 1.90 bits per heavy atom. The Labute approximate surface area is 180 Å². The summed E-state index contributed by atoms with van der Waals surface area (Å²) in [6.07, 6.45) is 1.62. The van der Waals surface area contributed by atoms with E-state index in [4.69, 9.17) is 11.6 Å². The second-order valence-corrected chi connectivity index (χ2v) is 7.63. The van der Waals surface area contributed by atoms with Gasteiger partial charge < -0.3 is 10.2 Å². The first kappa shape index (κ1) is 21.5. The first-order valence-electron chi connectivity index (χ1n) is 9.51. The van der Waals surface area contributed by atoms with Crippen molar-refractivity contribution in [1.29, 1.82) is 0 Å². The van der Waals surface area contributed by atoms with Crippen LogP contribution >= 0.6 is 11.6 Å². The zero-order valence-corrected chi connectivity index (χ0v) is 18.2. The van der Waals surface area contributed by atoms with Gasteiger partial charge in [-0.3, -0.25) is 14.3 Å². The highest BCUT2D eigenvalue weighted by atomic mass is 35.5. The van der Waals surface area contributed by atoms with E-state index in [1.165, 1.54) is 4.90 Å². The Bertz CT molecular complexity index is 1090. The summed E-state index contributed by atoms with van der Waals surface area (Å²) in [5.41, 5.74) is 3.73. The fraction of sp³-hybridized carbons (Fsp3) is 0.273. The Hall–Kier alpha value is -3.19. The van der Waals surface area contributed by atoms with Crippen molar-refractivity contribution < 1.29 is 9.59 Å². The van der Waals surface area contributed by atoms with E-state index < -0.39 is 0 Å². The summed E-state index contributed by atoms with van der Waals surface area (Å²) in [4.78, 5) is 30.8. The number of aromatic nitrogens is 3. The van der Waals surface area contributed by atoms with Crippen LogP contribution < -0.4 is 5.32 Å². The molecule has 3 rings (SSSR count). The number of likely N-dealkylation sites (N-methyl/N-ethyl adjacent to an activating group) is 1. The number of benzene rings is 1. The number of hydrogen-bond acceptors (Lipinski definition) is 4. The topological polar surface area (TPSA) is 80.1 Å². The lowest BCUT2D eigenvalue weighted by molar-refractivity contribution is -0.116. The smallest absolute Gasteiger partial charge is 0.257 e.